The average Bonchev–Trinajstić information content (AvgIpc) is 3.49. The lowest BCUT2D eigenvalue weighted by molar-refractivity contribution is 0.353. The van der Waals surface area contributed by atoms with Gasteiger partial charge in [-0.3, -0.25) is 0 Å². The summed E-state index contributed by atoms with van der Waals surface area (Å²) < 4.78 is 4.98. The molecular formula is C24H14N4S3. The first-order valence-corrected chi connectivity index (χ1v) is 12.3. The minimum Gasteiger partial charge on any atom is -0.192 e. The summed E-state index contributed by atoms with van der Waals surface area (Å²) in [5, 5.41) is 36.7. The fraction of sp³-hybridized carbons (Fsp3) is 0.250. The molecule has 0 N–H and O–H groups in total. The summed E-state index contributed by atoms with van der Waals surface area (Å²) in [4.78, 5) is 2.17. The molecule has 0 bridgehead atoms. The highest BCUT2D eigenvalue weighted by Gasteiger charge is 2.44. The zero-order chi connectivity index (χ0) is 21.6. The van der Waals surface area contributed by atoms with Crippen LogP contribution in [0.4, 0.5) is 0 Å². The van der Waals surface area contributed by atoms with Crippen molar-refractivity contribution >= 4 is 65.0 Å². The van der Waals surface area contributed by atoms with E-state index in [0.717, 1.165) is 36.1 Å². The van der Waals surface area contributed by atoms with Crippen LogP contribution in [-0.2, 0) is 5.41 Å². The first kappa shape index (κ1) is 19.7. The molecule has 0 radical (unpaired) electrons. The number of rotatable bonds is 2. The van der Waals surface area contributed by atoms with Crippen LogP contribution in [0.3, 0.4) is 0 Å². The Bertz CT molecular complexity index is 1470. The Kier molecular flexibility index (Phi) is 4.77. The van der Waals surface area contributed by atoms with E-state index in [-0.39, 0.29) is 16.6 Å². The minimum absolute atomic E-state index is 0.102. The van der Waals surface area contributed by atoms with E-state index >= 15 is 0 Å². The van der Waals surface area contributed by atoms with Crippen molar-refractivity contribution in [3.63, 3.8) is 0 Å². The lowest BCUT2D eigenvalue weighted by Gasteiger charge is -2.36. The van der Waals surface area contributed by atoms with Crippen molar-refractivity contribution in [2.45, 2.75) is 37.5 Å². The Balaban J connectivity index is 1.70. The van der Waals surface area contributed by atoms with E-state index in [2.05, 4.69) is 12.1 Å². The van der Waals surface area contributed by atoms with Crippen molar-refractivity contribution in [3.05, 3.63) is 44.2 Å². The zero-order valence-corrected chi connectivity index (χ0v) is 18.8. The van der Waals surface area contributed by atoms with Crippen molar-refractivity contribution in [1.29, 1.82) is 21.0 Å². The van der Waals surface area contributed by atoms with E-state index in [1.165, 1.54) is 35.7 Å². The molecule has 0 amide bonds. The lowest BCUT2D eigenvalue weighted by atomic mass is 9.67. The molecule has 0 unspecified atom stereocenters. The van der Waals surface area contributed by atoms with Gasteiger partial charge in [0.05, 0.1) is 14.1 Å². The largest absolute Gasteiger partial charge is 0.192 e. The summed E-state index contributed by atoms with van der Waals surface area (Å²) >= 11 is 5.18. The number of hydrogen-bond donors (Lipinski definition) is 0. The molecule has 31 heavy (non-hydrogen) atoms. The van der Waals surface area contributed by atoms with Crippen LogP contribution in [-0.4, -0.2) is 0 Å². The third-order valence-corrected chi connectivity index (χ3v) is 9.92. The summed E-state index contributed by atoms with van der Waals surface area (Å²) in [6.07, 6.45) is 11.3. The zero-order valence-electron chi connectivity index (χ0n) is 16.4. The topological polar surface area (TPSA) is 95.2 Å². The van der Waals surface area contributed by atoms with Crippen LogP contribution in [0, 0.1) is 45.3 Å². The summed E-state index contributed by atoms with van der Waals surface area (Å²) in [5.74, 6) is 0. The van der Waals surface area contributed by atoms with Crippen LogP contribution in [0.1, 0.15) is 47.4 Å². The van der Waals surface area contributed by atoms with Crippen molar-refractivity contribution in [1.82, 2.24) is 0 Å². The fourth-order valence-electron chi connectivity index (χ4n) is 4.82. The van der Waals surface area contributed by atoms with E-state index in [0.29, 0.717) is 0 Å². The molecule has 3 aromatic rings. The molecule has 7 heteroatoms. The molecule has 5 rings (SSSR count). The second-order valence-electron chi connectivity index (χ2n) is 7.75. The van der Waals surface area contributed by atoms with Gasteiger partial charge < -0.3 is 0 Å². The lowest BCUT2D eigenvalue weighted by Crippen LogP contribution is -2.28. The van der Waals surface area contributed by atoms with Gasteiger partial charge >= 0.3 is 0 Å². The Morgan fingerprint density at radius 1 is 0.806 bits per heavy atom. The molecule has 2 aliphatic carbocycles. The molecule has 0 aromatic carbocycles. The van der Waals surface area contributed by atoms with Gasteiger partial charge in [-0.15, -0.1) is 34.0 Å². The molecule has 1 fully saturated rings. The highest BCUT2D eigenvalue weighted by atomic mass is 32.1. The van der Waals surface area contributed by atoms with Gasteiger partial charge in [-0.25, -0.2) is 0 Å². The van der Waals surface area contributed by atoms with E-state index in [1.54, 1.807) is 46.2 Å². The molecule has 4 nitrogen and oxygen atoms in total. The monoisotopic (exact) mass is 454 g/mol. The van der Waals surface area contributed by atoms with Crippen molar-refractivity contribution in [2.24, 2.45) is 0 Å². The molecule has 3 aromatic heterocycles. The normalized spacial score (nSPS) is 16.1. The van der Waals surface area contributed by atoms with Crippen LogP contribution in [0.25, 0.3) is 31.0 Å². The van der Waals surface area contributed by atoms with Gasteiger partial charge in [0.2, 0.25) is 0 Å². The Labute approximate surface area is 191 Å². The highest BCUT2D eigenvalue weighted by Crippen LogP contribution is 2.59. The number of thiophene rings is 3. The number of hydrogen-bond acceptors (Lipinski definition) is 7. The fourth-order valence-corrected chi connectivity index (χ4v) is 9.18. The second-order valence-corrected chi connectivity index (χ2v) is 10.9. The van der Waals surface area contributed by atoms with E-state index in [4.69, 9.17) is 10.5 Å². The maximum absolute atomic E-state index is 9.30. The van der Waals surface area contributed by atoms with Crippen LogP contribution >= 0.6 is 34.0 Å². The molecule has 1 saturated carbocycles. The van der Waals surface area contributed by atoms with Gasteiger partial charge in [0, 0.05) is 19.9 Å². The number of nitriles is 4. The molecule has 3 heterocycles. The van der Waals surface area contributed by atoms with Gasteiger partial charge in [-0.05, 0) is 48.3 Å². The van der Waals surface area contributed by atoms with Gasteiger partial charge in [-0.2, -0.15) is 21.0 Å². The van der Waals surface area contributed by atoms with Crippen molar-refractivity contribution in [3.8, 4) is 24.3 Å². The number of nitrogens with zero attached hydrogens (tertiary/aromatic N) is 4. The molecule has 0 aliphatic heterocycles. The van der Waals surface area contributed by atoms with Crippen LogP contribution < -0.4 is 0 Å². The minimum atomic E-state index is -0.102. The highest BCUT2D eigenvalue weighted by molar-refractivity contribution is 7.39. The van der Waals surface area contributed by atoms with Crippen molar-refractivity contribution in [2.75, 3.05) is 0 Å². The molecule has 0 saturated heterocycles. The summed E-state index contributed by atoms with van der Waals surface area (Å²) in [7, 11) is 0. The summed E-state index contributed by atoms with van der Waals surface area (Å²) in [5.41, 5.74) is 2.67. The quantitative estimate of drug-likeness (QED) is 0.383. The third kappa shape index (κ3) is 2.95. The van der Waals surface area contributed by atoms with E-state index in [9.17, 15) is 10.5 Å². The third-order valence-electron chi connectivity index (χ3n) is 6.12. The molecule has 2 aliphatic rings. The van der Waals surface area contributed by atoms with Crippen molar-refractivity contribution < 1.29 is 0 Å². The van der Waals surface area contributed by atoms with Gasteiger partial charge in [0.25, 0.3) is 0 Å². The van der Waals surface area contributed by atoms with Crippen LogP contribution in [0.15, 0.2) is 28.9 Å². The summed E-state index contributed by atoms with van der Waals surface area (Å²) in [6, 6.07) is 9.97. The van der Waals surface area contributed by atoms with Gasteiger partial charge in [0.15, 0.2) is 0 Å². The first-order chi connectivity index (χ1) is 15.1. The SMILES string of the molecule is N#CC(C#N)=CC1=Cc2sc3c(sc4cc(C=C(C#N)C#N)sc43)c2C12CCCCC2. The Morgan fingerprint density at radius 3 is 2.16 bits per heavy atom. The van der Waals surface area contributed by atoms with Gasteiger partial charge in [0.1, 0.15) is 35.4 Å². The Morgan fingerprint density at radius 2 is 1.48 bits per heavy atom. The number of fused-ring (bicyclic) bond motifs is 6. The molecule has 0 atom stereocenters. The molecular weight excluding hydrogens is 440 g/mol. The van der Waals surface area contributed by atoms with Crippen LogP contribution in [0.2, 0.25) is 0 Å². The van der Waals surface area contributed by atoms with Gasteiger partial charge in [-0.1, -0.05) is 19.3 Å². The maximum Gasteiger partial charge on any atom is 0.131 e. The van der Waals surface area contributed by atoms with E-state index in [1.807, 2.05) is 24.3 Å². The first-order valence-electron chi connectivity index (χ1n) is 9.89. The van der Waals surface area contributed by atoms with E-state index < -0.39 is 0 Å². The van der Waals surface area contributed by atoms with Crippen LogP contribution in [0.5, 0.6) is 0 Å². The summed E-state index contributed by atoms with van der Waals surface area (Å²) in [6.45, 7) is 0. The Hall–Kier alpha value is -3.20. The predicted octanol–water partition coefficient (Wildman–Crippen LogP) is 7.18. The maximum atomic E-state index is 9.30. The number of allylic oxidation sites excluding steroid dienone is 4. The molecule has 148 valence electrons. The predicted molar refractivity (Wildman–Crippen MR) is 126 cm³/mol. The standard InChI is InChI=1S/C24H14N4S3/c25-10-14(11-26)6-16-8-18-20(24(16)4-2-1-3-5-24)22-23(30-18)21-19(31-22)9-17(29-21)7-15(12-27)13-28/h6-9H,1-5H2. The molecule has 1 spiro atoms. The smallest absolute Gasteiger partial charge is 0.131 e. The second kappa shape index (κ2) is 7.49. The average molecular weight is 455 g/mol.